The summed E-state index contributed by atoms with van der Waals surface area (Å²) in [6.07, 6.45) is 0.309. The molecule has 3 rings (SSSR count). The molecule has 0 radical (unpaired) electrons. The number of likely N-dealkylation sites (N-methyl/N-ethyl adjacent to an activating group) is 1. The lowest BCUT2D eigenvalue weighted by Crippen LogP contribution is -2.52. The highest BCUT2D eigenvalue weighted by Gasteiger charge is 2.33. The number of carbonyl (C=O) groups is 2. The summed E-state index contributed by atoms with van der Waals surface area (Å²) in [7, 11) is -2.69. The lowest BCUT2D eigenvalue weighted by Gasteiger charge is -2.33. The Morgan fingerprint density at radius 2 is 1.67 bits per heavy atom. The molecule has 0 aliphatic rings. The molecule has 8 nitrogen and oxygen atoms in total. The number of nitrogens with one attached hydrogen (secondary N) is 1. The van der Waals surface area contributed by atoms with E-state index in [4.69, 9.17) is 27.9 Å². The number of methoxy groups -OCH3 is 1. The second-order valence-electron chi connectivity index (χ2n) is 8.61. The van der Waals surface area contributed by atoms with Crippen molar-refractivity contribution in [3.8, 4) is 5.75 Å². The Kier molecular flexibility index (Phi) is 10.6. The third kappa shape index (κ3) is 7.44. The summed E-state index contributed by atoms with van der Waals surface area (Å²) in [6, 6.07) is 18.4. The van der Waals surface area contributed by atoms with Gasteiger partial charge in [0.05, 0.1) is 27.7 Å². The van der Waals surface area contributed by atoms with Crippen LogP contribution in [0.25, 0.3) is 0 Å². The van der Waals surface area contributed by atoms with Gasteiger partial charge in [-0.2, -0.15) is 0 Å². The molecule has 1 atom stereocenters. The molecule has 208 valence electrons. The van der Waals surface area contributed by atoms with Crippen molar-refractivity contribution >= 4 is 50.7 Å². The minimum Gasteiger partial charge on any atom is -0.497 e. The van der Waals surface area contributed by atoms with E-state index in [2.05, 4.69) is 5.32 Å². The van der Waals surface area contributed by atoms with Gasteiger partial charge in [0.15, 0.2) is 0 Å². The van der Waals surface area contributed by atoms with Gasteiger partial charge in [0, 0.05) is 19.2 Å². The van der Waals surface area contributed by atoms with E-state index in [-0.39, 0.29) is 23.0 Å². The summed E-state index contributed by atoms with van der Waals surface area (Å²) in [6.45, 7) is 3.41. The second-order valence-corrected chi connectivity index (χ2v) is 11.3. The van der Waals surface area contributed by atoms with Crippen molar-refractivity contribution in [2.45, 2.75) is 37.8 Å². The van der Waals surface area contributed by atoms with E-state index in [0.717, 1.165) is 4.31 Å². The zero-order valence-corrected chi connectivity index (χ0v) is 24.3. The first kappa shape index (κ1) is 30.3. The predicted molar refractivity (Wildman–Crippen MR) is 154 cm³/mol. The number of sulfonamides is 1. The summed E-state index contributed by atoms with van der Waals surface area (Å²) in [5.74, 6) is -0.483. The lowest BCUT2D eigenvalue weighted by molar-refractivity contribution is -0.140. The molecule has 11 heteroatoms. The zero-order valence-electron chi connectivity index (χ0n) is 21.9. The van der Waals surface area contributed by atoms with Crippen LogP contribution in [0.4, 0.5) is 5.69 Å². The van der Waals surface area contributed by atoms with Crippen molar-refractivity contribution in [1.29, 1.82) is 0 Å². The Morgan fingerprint density at radius 3 is 2.28 bits per heavy atom. The molecule has 0 aliphatic heterocycles. The van der Waals surface area contributed by atoms with Crippen LogP contribution in [0.5, 0.6) is 5.75 Å². The molecule has 0 bridgehead atoms. The van der Waals surface area contributed by atoms with Gasteiger partial charge in [-0.05, 0) is 55.3 Å². The van der Waals surface area contributed by atoms with Gasteiger partial charge in [-0.1, -0.05) is 60.5 Å². The van der Waals surface area contributed by atoms with Gasteiger partial charge in [-0.15, -0.1) is 0 Å². The highest BCUT2D eigenvalue weighted by Crippen LogP contribution is 2.28. The van der Waals surface area contributed by atoms with Crippen LogP contribution < -0.4 is 14.4 Å². The summed E-state index contributed by atoms with van der Waals surface area (Å²) >= 11 is 12.3. The van der Waals surface area contributed by atoms with E-state index in [1.54, 1.807) is 68.4 Å². The molecule has 0 fully saturated rings. The van der Waals surface area contributed by atoms with Crippen molar-refractivity contribution in [1.82, 2.24) is 10.2 Å². The number of hydrogen-bond acceptors (Lipinski definition) is 5. The van der Waals surface area contributed by atoms with Gasteiger partial charge < -0.3 is 15.0 Å². The largest absolute Gasteiger partial charge is 0.497 e. The summed E-state index contributed by atoms with van der Waals surface area (Å²) in [5, 5.41) is 3.42. The molecule has 0 aliphatic carbocycles. The number of halogens is 2. The predicted octanol–water partition coefficient (Wildman–Crippen LogP) is 5.14. The van der Waals surface area contributed by atoms with Gasteiger partial charge in [0.2, 0.25) is 11.8 Å². The summed E-state index contributed by atoms with van der Waals surface area (Å²) in [5.41, 5.74) is 0.881. The topological polar surface area (TPSA) is 96.0 Å². The van der Waals surface area contributed by atoms with Crippen LogP contribution in [-0.2, 0) is 26.2 Å². The van der Waals surface area contributed by atoms with Crippen LogP contribution in [0.15, 0.2) is 77.7 Å². The van der Waals surface area contributed by atoms with E-state index >= 15 is 0 Å². The first-order valence-corrected chi connectivity index (χ1v) is 14.5. The number of amides is 2. The second kappa shape index (κ2) is 13.7. The van der Waals surface area contributed by atoms with Gasteiger partial charge in [-0.3, -0.25) is 13.9 Å². The third-order valence-corrected chi connectivity index (χ3v) is 8.55. The average Bonchev–Trinajstić information content (AvgIpc) is 2.94. The Bertz CT molecular complexity index is 1400. The highest BCUT2D eigenvalue weighted by atomic mass is 35.5. The quantitative estimate of drug-likeness (QED) is 0.314. The highest BCUT2D eigenvalue weighted by molar-refractivity contribution is 7.92. The van der Waals surface area contributed by atoms with Crippen molar-refractivity contribution in [3.05, 3.63) is 88.4 Å². The Hall–Kier alpha value is -3.27. The number of benzene rings is 3. The van der Waals surface area contributed by atoms with Gasteiger partial charge in [0.25, 0.3) is 10.0 Å². The lowest BCUT2D eigenvalue weighted by atomic mass is 10.1. The van der Waals surface area contributed by atoms with Crippen LogP contribution in [0.3, 0.4) is 0 Å². The minimum atomic E-state index is -4.16. The fraction of sp³-hybridized carbons (Fsp3) is 0.286. The van der Waals surface area contributed by atoms with Crippen LogP contribution in [-0.4, -0.2) is 51.4 Å². The SMILES string of the molecule is CCNC(=O)[C@@H](CC)N(Cc1ccc(Cl)c(Cl)c1)C(=O)CN(c1cccc(OC)c1)S(=O)(=O)c1ccccc1. The van der Waals surface area contributed by atoms with Crippen molar-refractivity contribution in [2.75, 3.05) is 24.5 Å². The number of rotatable bonds is 12. The maximum atomic E-state index is 14.0. The monoisotopic (exact) mass is 591 g/mol. The average molecular weight is 593 g/mol. The van der Waals surface area contributed by atoms with E-state index in [9.17, 15) is 18.0 Å². The molecule has 2 amide bonds. The van der Waals surface area contributed by atoms with Crippen molar-refractivity contribution in [2.24, 2.45) is 0 Å². The van der Waals surface area contributed by atoms with E-state index in [0.29, 0.717) is 34.3 Å². The van der Waals surface area contributed by atoms with Crippen LogP contribution in [0, 0.1) is 0 Å². The maximum absolute atomic E-state index is 14.0. The number of hydrogen-bond donors (Lipinski definition) is 1. The van der Waals surface area contributed by atoms with Crippen LogP contribution in [0.2, 0.25) is 10.0 Å². The van der Waals surface area contributed by atoms with E-state index < -0.39 is 28.5 Å². The molecule has 3 aromatic carbocycles. The smallest absolute Gasteiger partial charge is 0.264 e. The Labute approximate surface area is 239 Å². The molecule has 0 saturated heterocycles. The first-order valence-electron chi connectivity index (χ1n) is 12.3. The van der Waals surface area contributed by atoms with Crippen LogP contribution >= 0.6 is 23.2 Å². The first-order chi connectivity index (χ1) is 18.6. The van der Waals surface area contributed by atoms with E-state index in [1.807, 2.05) is 0 Å². The van der Waals surface area contributed by atoms with Gasteiger partial charge in [-0.25, -0.2) is 8.42 Å². The molecule has 0 heterocycles. The molecule has 3 aromatic rings. The standard InChI is InChI=1S/C28H31Cl2N3O5S/c1-4-26(28(35)31-5-2)32(18-20-14-15-24(29)25(30)16-20)27(34)19-33(21-10-9-11-22(17-21)38-3)39(36,37)23-12-7-6-8-13-23/h6-17,26H,4-5,18-19H2,1-3H3,(H,31,35)/t26-/m1/s1. The summed E-state index contributed by atoms with van der Waals surface area (Å²) < 4.78 is 33.9. The zero-order chi connectivity index (χ0) is 28.6. The van der Waals surface area contributed by atoms with Gasteiger partial charge >= 0.3 is 0 Å². The molecule has 0 aromatic heterocycles. The number of ether oxygens (including phenoxy) is 1. The normalized spacial score (nSPS) is 11.9. The minimum absolute atomic E-state index is 0.0166. The molecule has 0 unspecified atom stereocenters. The van der Waals surface area contributed by atoms with Gasteiger partial charge in [0.1, 0.15) is 18.3 Å². The molecular formula is C28H31Cl2N3O5S. The molecule has 39 heavy (non-hydrogen) atoms. The fourth-order valence-electron chi connectivity index (χ4n) is 4.06. The number of carbonyl (C=O) groups excluding carboxylic acids is 2. The molecular weight excluding hydrogens is 561 g/mol. The van der Waals surface area contributed by atoms with Crippen molar-refractivity contribution in [3.63, 3.8) is 0 Å². The Balaban J connectivity index is 2.08. The Morgan fingerprint density at radius 1 is 0.949 bits per heavy atom. The number of anilines is 1. The molecule has 0 saturated carbocycles. The van der Waals surface area contributed by atoms with Crippen LogP contribution in [0.1, 0.15) is 25.8 Å². The maximum Gasteiger partial charge on any atom is 0.264 e. The fourth-order valence-corrected chi connectivity index (χ4v) is 5.81. The van der Waals surface area contributed by atoms with E-state index in [1.165, 1.54) is 30.2 Å². The van der Waals surface area contributed by atoms with Crippen molar-refractivity contribution < 1.29 is 22.7 Å². The third-order valence-electron chi connectivity index (χ3n) is 6.03. The number of nitrogens with zero attached hydrogens (tertiary/aromatic N) is 2. The summed E-state index contributed by atoms with van der Waals surface area (Å²) in [4.78, 5) is 28.4. The molecule has 1 N–H and O–H groups in total. The molecule has 0 spiro atoms.